The fraction of sp³-hybridized carbons (Fsp3) is 0.750. The Morgan fingerprint density at radius 1 is 1.44 bits per heavy atom. The van der Waals surface area contributed by atoms with Crippen LogP contribution in [0.4, 0.5) is 0 Å². The van der Waals surface area contributed by atoms with Crippen molar-refractivity contribution in [1.29, 1.82) is 0 Å². The van der Waals surface area contributed by atoms with Crippen molar-refractivity contribution < 1.29 is 9.32 Å². The van der Waals surface area contributed by atoms with Gasteiger partial charge in [0.25, 0.3) is 0 Å². The number of carbonyl (C=O) groups excluding carboxylic acids is 1. The van der Waals surface area contributed by atoms with Gasteiger partial charge in [-0.05, 0) is 18.8 Å². The molecule has 16 heavy (non-hydrogen) atoms. The second-order valence-electron chi connectivity index (χ2n) is 5.36. The van der Waals surface area contributed by atoms with E-state index in [0.29, 0.717) is 18.1 Å². The molecular weight excluding hydrogens is 204 g/mol. The van der Waals surface area contributed by atoms with E-state index in [1.54, 1.807) is 6.92 Å². The highest BCUT2D eigenvalue weighted by molar-refractivity contribution is 5.82. The molecule has 0 fully saturated rings. The summed E-state index contributed by atoms with van der Waals surface area (Å²) in [4.78, 5) is 15.6. The highest BCUT2D eigenvalue weighted by Crippen LogP contribution is 2.22. The van der Waals surface area contributed by atoms with Gasteiger partial charge >= 0.3 is 0 Å². The first-order chi connectivity index (χ1) is 7.33. The van der Waals surface area contributed by atoms with E-state index in [0.717, 1.165) is 6.42 Å². The van der Waals surface area contributed by atoms with E-state index in [9.17, 15) is 4.79 Å². The molecule has 1 aromatic heterocycles. The molecule has 0 saturated carbocycles. The number of rotatable bonds is 4. The van der Waals surface area contributed by atoms with Gasteiger partial charge < -0.3 is 4.52 Å². The van der Waals surface area contributed by atoms with Gasteiger partial charge in [-0.2, -0.15) is 4.98 Å². The van der Waals surface area contributed by atoms with Gasteiger partial charge in [0.15, 0.2) is 5.82 Å². The Balaban J connectivity index is 2.82. The van der Waals surface area contributed by atoms with Crippen molar-refractivity contribution in [2.45, 2.75) is 53.4 Å². The number of nitrogens with zero attached hydrogens (tertiary/aromatic N) is 2. The molecule has 0 N–H and O–H groups in total. The van der Waals surface area contributed by atoms with E-state index in [1.165, 1.54) is 0 Å². The van der Waals surface area contributed by atoms with E-state index < -0.39 is 0 Å². The molecular formula is C12H20N2O2. The molecule has 0 aliphatic heterocycles. The average molecular weight is 224 g/mol. The van der Waals surface area contributed by atoms with Crippen LogP contribution in [0.2, 0.25) is 0 Å². The van der Waals surface area contributed by atoms with Crippen molar-refractivity contribution in [1.82, 2.24) is 10.1 Å². The Morgan fingerprint density at radius 3 is 2.50 bits per heavy atom. The first-order valence-corrected chi connectivity index (χ1v) is 5.66. The normalized spacial score (nSPS) is 13.8. The summed E-state index contributed by atoms with van der Waals surface area (Å²) in [6.07, 6.45) is 1.46. The first-order valence-electron chi connectivity index (χ1n) is 5.66. The summed E-state index contributed by atoms with van der Waals surface area (Å²) in [5.41, 5.74) is 0.124. The molecule has 0 aliphatic carbocycles. The van der Waals surface area contributed by atoms with Crippen molar-refractivity contribution in [3.63, 3.8) is 0 Å². The molecule has 0 aliphatic rings. The van der Waals surface area contributed by atoms with Gasteiger partial charge in [0.05, 0.1) is 5.92 Å². The molecule has 90 valence electrons. The lowest BCUT2D eigenvalue weighted by molar-refractivity contribution is -0.119. The highest BCUT2D eigenvalue weighted by Gasteiger charge is 2.23. The van der Waals surface area contributed by atoms with Crippen LogP contribution in [0.25, 0.3) is 0 Å². The minimum Gasteiger partial charge on any atom is -0.339 e. The summed E-state index contributed by atoms with van der Waals surface area (Å²) in [5, 5.41) is 3.91. The molecule has 0 aromatic carbocycles. The number of ketones is 1. The molecule has 0 spiro atoms. The van der Waals surface area contributed by atoms with Crippen molar-refractivity contribution in [3.8, 4) is 0 Å². The third kappa shape index (κ3) is 3.43. The third-order valence-electron chi connectivity index (χ3n) is 2.37. The smallest absolute Gasteiger partial charge is 0.237 e. The number of hydrogen-bond donors (Lipinski definition) is 0. The molecule has 1 unspecified atom stereocenters. The Hall–Kier alpha value is -1.19. The Labute approximate surface area is 96.4 Å². The molecule has 0 saturated heterocycles. The Bertz CT molecular complexity index is 363. The van der Waals surface area contributed by atoms with Crippen LogP contribution >= 0.6 is 0 Å². The lowest BCUT2D eigenvalue weighted by Crippen LogP contribution is -2.11. The van der Waals surface area contributed by atoms with Gasteiger partial charge in [-0.3, -0.25) is 4.79 Å². The summed E-state index contributed by atoms with van der Waals surface area (Å²) >= 11 is 0. The SMILES string of the molecule is CCC(C(C)=O)c1nc(CC(C)(C)C)no1. The molecule has 4 nitrogen and oxygen atoms in total. The zero-order valence-corrected chi connectivity index (χ0v) is 10.7. The quantitative estimate of drug-likeness (QED) is 0.789. The monoisotopic (exact) mass is 224 g/mol. The van der Waals surface area contributed by atoms with Crippen molar-refractivity contribution in [2.24, 2.45) is 5.41 Å². The Morgan fingerprint density at radius 2 is 2.06 bits per heavy atom. The minimum absolute atomic E-state index is 0.0773. The second kappa shape index (κ2) is 4.76. The van der Waals surface area contributed by atoms with E-state index in [1.807, 2.05) is 6.92 Å². The van der Waals surface area contributed by atoms with Crippen LogP contribution in [0.1, 0.15) is 58.7 Å². The molecule has 0 bridgehead atoms. The van der Waals surface area contributed by atoms with Crippen LogP contribution in [-0.4, -0.2) is 15.9 Å². The Kier molecular flexibility index (Phi) is 3.83. The van der Waals surface area contributed by atoms with Crippen LogP contribution in [-0.2, 0) is 11.2 Å². The fourth-order valence-corrected chi connectivity index (χ4v) is 1.59. The van der Waals surface area contributed by atoms with Crippen molar-refractivity contribution in [3.05, 3.63) is 11.7 Å². The maximum atomic E-state index is 11.3. The summed E-state index contributed by atoms with van der Waals surface area (Å²) < 4.78 is 5.14. The van der Waals surface area contributed by atoms with E-state index >= 15 is 0 Å². The van der Waals surface area contributed by atoms with E-state index in [-0.39, 0.29) is 17.1 Å². The number of carbonyl (C=O) groups is 1. The maximum Gasteiger partial charge on any atom is 0.237 e. The molecule has 1 atom stereocenters. The predicted octanol–water partition coefficient (Wildman–Crippen LogP) is 2.74. The van der Waals surface area contributed by atoms with Gasteiger partial charge in [-0.1, -0.05) is 32.9 Å². The van der Waals surface area contributed by atoms with E-state index in [4.69, 9.17) is 4.52 Å². The molecule has 0 radical (unpaired) electrons. The van der Waals surface area contributed by atoms with Gasteiger partial charge in [-0.25, -0.2) is 0 Å². The van der Waals surface area contributed by atoms with Crippen LogP contribution in [0.15, 0.2) is 4.52 Å². The van der Waals surface area contributed by atoms with Crippen molar-refractivity contribution in [2.75, 3.05) is 0 Å². The lowest BCUT2D eigenvalue weighted by Gasteiger charge is -2.14. The molecule has 0 amide bonds. The fourth-order valence-electron chi connectivity index (χ4n) is 1.59. The number of Topliss-reactive ketones (excluding diaryl/α,β-unsaturated/α-hetero) is 1. The van der Waals surface area contributed by atoms with Crippen molar-refractivity contribution >= 4 is 5.78 Å². The van der Waals surface area contributed by atoms with Crippen LogP contribution in [0.5, 0.6) is 0 Å². The average Bonchev–Trinajstić information content (AvgIpc) is 2.50. The topological polar surface area (TPSA) is 56.0 Å². The zero-order valence-electron chi connectivity index (χ0n) is 10.7. The van der Waals surface area contributed by atoms with Gasteiger partial charge in [0.1, 0.15) is 5.78 Å². The van der Waals surface area contributed by atoms with Gasteiger partial charge in [-0.15, -0.1) is 0 Å². The first kappa shape index (κ1) is 12.9. The van der Waals surface area contributed by atoms with E-state index in [2.05, 4.69) is 30.9 Å². The van der Waals surface area contributed by atoms with Gasteiger partial charge in [0.2, 0.25) is 5.89 Å². The summed E-state index contributed by atoms with van der Waals surface area (Å²) in [5.74, 6) is 0.964. The summed E-state index contributed by atoms with van der Waals surface area (Å²) in [6.45, 7) is 9.85. The summed E-state index contributed by atoms with van der Waals surface area (Å²) in [7, 11) is 0. The standard InChI is InChI=1S/C12H20N2O2/c1-6-9(8(2)15)11-13-10(14-16-11)7-12(3,4)5/h9H,6-7H2,1-5H3. The molecule has 4 heteroatoms. The third-order valence-corrected chi connectivity index (χ3v) is 2.37. The van der Waals surface area contributed by atoms with Gasteiger partial charge in [0, 0.05) is 6.42 Å². The summed E-state index contributed by atoms with van der Waals surface area (Å²) in [6, 6.07) is 0. The van der Waals surface area contributed by atoms with Crippen LogP contribution in [0, 0.1) is 5.41 Å². The molecule has 1 rings (SSSR count). The largest absolute Gasteiger partial charge is 0.339 e. The predicted molar refractivity (Wildman–Crippen MR) is 61.2 cm³/mol. The second-order valence-corrected chi connectivity index (χ2v) is 5.36. The van der Waals surface area contributed by atoms with Crippen LogP contribution in [0.3, 0.4) is 0 Å². The number of hydrogen-bond acceptors (Lipinski definition) is 4. The lowest BCUT2D eigenvalue weighted by atomic mass is 9.92. The zero-order chi connectivity index (χ0) is 12.3. The molecule has 1 heterocycles. The maximum absolute atomic E-state index is 11.3. The highest BCUT2D eigenvalue weighted by atomic mass is 16.5. The number of aromatic nitrogens is 2. The van der Waals surface area contributed by atoms with Crippen LogP contribution < -0.4 is 0 Å². The molecule has 1 aromatic rings. The minimum atomic E-state index is -0.249.